The quantitative estimate of drug-likeness (QED) is 0.890. The summed E-state index contributed by atoms with van der Waals surface area (Å²) in [5, 5.41) is 2.80. The lowest BCUT2D eigenvalue weighted by molar-refractivity contribution is -0.119. The Labute approximate surface area is 147 Å². The molecule has 3 rings (SSSR count). The van der Waals surface area contributed by atoms with Crippen molar-refractivity contribution in [1.82, 2.24) is 0 Å². The highest BCUT2D eigenvalue weighted by Crippen LogP contribution is 2.29. The molecule has 1 unspecified atom stereocenters. The molecule has 0 aliphatic carbocycles. The first kappa shape index (κ1) is 17.6. The van der Waals surface area contributed by atoms with E-state index in [9.17, 15) is 13.2 Å². The lowest BCUT2D eigenvalue weighted by Crippen LogP contribution is -2.22. The molecule has 1 aliphatic heterocycles. The van der Waals surface area contributed by atoms with Gasteiger partial charge in [-0.05, 0) is 41.8 Å². The molecule has 0 saturated heterocycles. The van der Waals surface area contributed by atoms with E-state index in [0.29, 0.717) is 12.3 Å². The Morgan fingerprint density at radius 2 is 1.88 bits per heavy atom. The maximum atomic E-state index is 12.3. The number of hydrogen-bond acceptors (Lipinski definition) is 4. The molecular weight excluding hydrogens is 338 g/mol. The van der Waals surface area contributed by atoms with Crippen LogP contribution in [-0.4, -0.2) is 26.7 Å². The van der Waals surface area contributed by atoms with Crippen molar-refractivity contribution in [2.45, 2.75) is 30.8 Å². The summed E-state index contributed by atoms with van der Waals surface area (Å²) in [6.07, 6.45) is 0.845. The number of benzene rings is 2. The predicted molar refractivity (Wildman–Crippen MR) is 96.3 cm³/mol. The van der Waals surface area contributed by atoms with Crippen LogP contribution < -0.4 is 5.32 Å². The SMILES string of the molecule is CCS(=O)(=O)c1ccc(NC(=O)CC2OCCc3ccccc32)cc1. The fourth-order valence-electron chi connectivity index (χ4n) is 2.94. The molecule has 1 heterocycles. The molecule has 2 aromatic rings. The second-order valence-corrected chi connectivity index (χ2v) is 8.27. The van der Waals surface area contributed by atoms with Crippen molar-refractivity contribution < 1.29 is 17.9 Å². The Balaban J connectivity index is 1.66. The third-order valence-corrected chi connectivity index (χ3v) is 6.09. The number of carbonyl (C=O) groups excluding carboxylic acids is 1. The lowest BCUT2D eigenvalue weighted by Gasteiger charge is -2.25. The smallest absolute Gasteiger partial charge is 0.227 e. The number of nitrogens with one attached hydrogen (secondary N) is 1. The average Bonchev–Trinajstić information content (AvgIpc) is 2.62. The maximum absolute atomic E-state index is 12.3. The van der Waals surface area contributed by atoms with Gasteiger partial charge in [-0.15, -0.1) is 0 Å². The summed E-state index contributed by atoms with van der Waals surface area (Å²) in [7, 11) is -3.23. The van der Waals surface area contributed by atoms with Gasteiger partial charge in [-0.3, -0.25) is 4.79 Å². The molecule has 5 nitrogen and oxygen atoms in total. The molecule has 1 N–H and O–H groups in total. The Bertz CT molecular complexity index is 859. The highest BCUT2D eigenvalue weighted by Gasteiger charge is 2.23. The van der Waals surface area contributed by atoms with Crippen LogP contribution in [0, 0.1) is 0 Å². The largest absolute Gasteiger partial charge is 0.373 e. The molecule has 0 saturated carbocycles. The Kier molecular flexibility index (Phi) is 5.20. The number of anilines is 1. The fourth-order valence-corrected chi connectivity index (χ4v) is 3.82. The van der Waals surface area contributed by atoms with E-state index in [0.717, 1.165) is 12.0 Å². The fraction of sp³-hybridized carbons (Fsp3) is 0.316. The van der Waals surface area contributed by atoms with Gasteiger partial charge < -0.3 is 10.1 Å². The molecule has 1 atom stereocenters. The van der Waals surface area contributed by atoms with E-state index in [1.807, 2.05) is 18.2 Å². The van der Waals surface area contributed by atoms with Gasteiger partial charge in [0.05, 0.1) is 29.8 Å². The van der Waals surface area contributed by atoms with Crippen LogP contribution in [0.5, 0.6) is 0 Å². The van der Waals surface area contributed by atoms with Crippen molar-refractivity contribution in [3.05, 3.63) is 59.7 Å². The molecule has 0 fully saturated rings. The summed E-state index contributed by atoms with van der Waals surface area (Å²) >= 11 is 0. The van der Waals surface area contributed by atoms with Gasteiger partial charge in [0.1, 0.15) is 0 Å². The number of amides is 1. The number of rotatable bonds is 5. The third-order valence-electron chi connectivity index (χ3n) is 4.34. The summed E-state index contributed by atoms with van der Waals surface area (Å²) < 4.78 is 29.4. The zero-order valence-corrected chi connectivity index (χ0v) is 14.9. The van der Waals surface area contributed by atoms with Gasteiger partial charge in [0, 0.05) is 5.69 Å². The topological polar surface area (TPSA) is 72.5 Å². The van der Waals surface area contributed by atoms with Crippen molar-refractivity contribution in [1.29, 1.82) is 0 Å². The van der Waals surface area contributed by atoms with Crippen LogP contribution in [0.1, 0.15) is 30.6 Å². The highest BCUT2D eigenvalue weighted by molar-refractivity contribution is 7.91. The van der Waals surface area contributed by atoms with E-state index in [-0.39, 0.29) is 29.1 Å². The molecule has 0 radical (unpaired) electrons. The van der Waals surface area contributed by atoms with Gasteiger partial charge in [-0.25, -0.2) is 8.42 Å². The standard InChI is InChI=1S/C19H21NO4S/c1-2-25(22,23)16-9-7-15(8-10-16)20-19(21)13-18-17-6-4-3-5-14(17)11-12-24-18/h3-10,18H,2,11-13H2,1H3,(H,20,21). The highest BCUT2D eigenvalue weighted by atomic mass is 32.2. The Hall–Kier alpha value is -2.18. The van der Waals surface area contributed by atoms with Crippen molar-refractivity contribution in [3.8, 4) is 0 Å². The normalized spacial score (nSPS) is 16.9. The predicted octanol–water partition coefficient (Wildman–Crippen LogP) is 3.12. The molecule has 1 aliphatic rings. The summed E-state index contributed by atoms with van der Waals surface area (Å²) in [5.41, 5.74) is 2.86. The van der Waals surface area contributed by atoms with Gasteiger partial charge >= 0.3 is 0 Å². The Morgan fingerprint density at radius 3 is 2.60 bits per heavy atom. The van der Waals surface area contributed by atoms with E-state index in [1.165, 1.54) is 17.7 Å². The first-order valence-electron chi connectivity index (χ1n) is 8.31. The van der Waals surface area contributed by atoms with Crippen molar-refractivity contribution in [3.63, 3.8) is 0 Å². The lowest BCUT2D eigenvalue weighted by atomic mass is 9.95. The zero-order chi connectivity index (χ0) is 17.9. The van der Waals surface area contributed by atoms with Crippen molar-refractivity contribution >= 4 is 21.4 Å². The van der Waals surface area contributed by atoms with Gasteiger partial charge in [0.25, 0.3) is 0 Å². The number of sulfone groups is 1. The molecule has 0 bridgehead atoms. The van der Waals surface area contributed by atoms with Crippen LogP contribution in [-0.2, 0) is 25.8 Å². The van der Waals surface area contributed by atoms with E-state index >= 15 is 0 Å². The molecule has 0 aromatic heterocycles. The van der Waals surface area contributed by atoms with Gasteiger partial charge in [0.2, 0.25) is 5.91 Å². The molecular formula is C19H21NO4S. The van der Waals surface area contributed by atoms with E-state index in [4.69, 9.17) is 4.74 Å². The summed E-state index contributed by atoms with van der Waals surface area (Å²) in [5.74, 6) is -0.107. The number of hydrogen-bond donors (Lipinski definition) is 1. The van der Waals surface area contributed by atoms with Crippen LogP contribution >= 0.6 is 0 Å². The Morgan fingerprint density at radius 1 is 1.16 bits per heavy atom. The van der Waals surface area contributed by atoms with E-state index in [1.54, 1.807) is 19.1 Å². The van der Waals surface area contributed by atoms with Gasteiger partial charge in [0.15, 0.2) is 9.84 Å². The summed E-state index contributed by atoms with van der Waals surface area (Å²) in [6, 6.07) is 14.2. The first-order chi connectivity index (χ1) is 12.0. The van der Waals surface area contributed by atoms with E-state index < -0.39 is 9.84 Å². The van der Waals surface area contributed by atoms with Crippen molar-refractivity contribution in [2.75, 3.05) is 17.7 Å². The molecule has 25 heavy (non-hydrogen) atoms. The summed E-state index contributed by atoms with van der Waals surface area (Å²) in [4.78, 5) is 12.6. The summed E-state index contributed by atoms with van der Waals surface area (Å²) in [6.45, 7) is 2.21. The number of ether oxygens (including phenoxy) is 1. The van der Waals surface area contributed by atoms with Gasteiger partial charge in [-0.1, -0.05) is 31.2 Å². The molecule has 1 amide bonds. The monoisotopic (exact) mass is 359 g/mol. The average molecular weight is 359 g/mol. The second-order valence-electron chi connectivity index (χ2n) is 5.99. The molecule has 6 heteroatoms. The minimum Gasteiger partial charge on any atom is -0.373 e. The van der Waals surface area contributed by atoms with Crippen LogP contribution in [0.3, 0.4) is 0 Å². The molecule has 132 valence electrons. The van der Waals surface area contributed by atoms with Crippen LogP contribution in [0.4, 0.5) is 5.69 Å². The van der Waals surface area contributed by atoms with Gasteiger partial charge in [-0.2, -0.15) is 0 Å². The second kappa shape index (κ2) is 7.37. The number of carbonyl (C=O) groups is 1. The van der Waals surface area contributed by atoms with Crippen LogP contribution in [0.25, 0.3) is 0 Å². The molecule has 2 aromatic carbocycles. The maximum Gasteiger partial charge on any atom is 0.227 e. The minimum atomic E-state index is -3.23. The van der Waals surface area contributed by atoms with Crippen LogP contribution in [0.15, 0.2) is 53.4 Å². The van der Waals surface area contributed by atoms with Crippen molar-refractivity contribution in [2.24, 2.45) is 0 Å². The van der Waals surface area contributed by atoms with E-state index in [2.05, 4.69) is 11.4 Å². The molecule has 0 spiro atoms. The number of fused-ring (bicyclic) bond motifs is 1. The first-order valence-corrected chi connectivity index (χ1v) is 9.97. The minimum absolute atomic E-state index is 0.0527. The van der Waals surface area contributed by atoms with Crippen LogP contribution in [0.2, 0.25) is 0 Å². The third kappa shape index (κ3) is 4.08. The zero-order valence-electron chi connectivity index (χ0n) is 14.1.